The van der Waals surface area contributed by atoms with Crippen LogP contribution in [0.15, 0.2) is 28.7 Å². The minimum Gasteiger partial charge on any atom is -0.369 e. The van der Waals surface area contributed by atoms with Gasteiger partial charge in [0.2, 0.25) is 0 Å². The van der Waals surface area contributed by atoms with E-state index in [0.29, 0.717) is 6.10 Å². The molecule has 2 unspecified atom stereocenters. The number of nitrogens with one attached hydrogen (secondary N) is 1. The SMILES string of the molecule is CCCC(C)OC(CNCC)c1cccc(Br)c1. The minimum absolute atomic E-state index is 0.129. The van der Waals surface area contributed by atoms with Gasteiger partial charge >= 0.3 is 0 Å². The number of ether oxygens (including phenoxy) is 1. The van der Waals surface area contributed by atoms with Crippen LogP contribution < -0.4 is 5.32 Å². The fourth-order valence-electron chi connectivity index (χ4n) is 1.98. The number of hydrogen-bond acceptors (Lipinski definition) is 2. The lowest BCUT2D eigenvalue weighted by Crippen LogP contribution is -2.25. The molecule has 0 bridgehead atoms. The van der Waals surface area contributed by atoms with Crippen molar-refractivity contribution >= 4 is 15.9 Å². The lowest BCUT2D eigenvalue weighted by molar-refractivity contribution is -0.00699. The van der Waals surface area contributed by atoms with E-state index in [2.05, 4.69) is 60.2 Å². The molecule has 0 spiro atoms. The maximum absolute atomic E-state index is 6.15. The number of halogens is 1. The van der Waals surface area contributed by atoms with E-state index >= 15 is 0 Å². The summed E-state index contributed by atoms with van der Waals surface area (Å²) >= 11 is 3.52. The molecule has 0 amide bonds. The minimum atomic E-state index is 0.129. The van der Waals surface area contributed by atoms with Crippen LogP contribution in [0.3, 0.4) is 0 Å². The Bertz CT molecular complexity index is 343. The average Bonchev–Trinajstić information content (AvgIpc) is 2.34. The van der Waals surface area contributed by atoms with Gasteiger partial charge in [-0.2, -0.15) is 0 Å². The van der Waals surface area contributed by atoms with E-state index in [-0.39, 0.29) is 6.10 Å². The zero-order valence-corrected chi connectivity index (χ0v) is 13.2. The predicted molar refractivity (Wildman–Crippen MR) is 80.9 cm³/mol. The molecule has 1 aromatic rings. The van der Waals surface area contributed by atoms with Crippen molar-refractivity contribution in [2.45, 2.75) is 45.8 Å². The highest BCUT2D eigenvalue weighted by Crippen LogP contribution is 2.23. The normalized spacial score (nSPS) is 14.4. The first-order valence-electron chi connectivity index (χ1n) is 6.79. The molecule has 0 saturated carbocycles. The van der Waals surface area contributed by atoms with Crippen molar-refractivity contribution in [1.82, 2.24) is 5.32 Å². The van der Waals surface area contributed by atoms with Crippen molar-refractivity contribution in [2.24, 2.45) is 0 Å². The van der Waals surface area contributed by atoms with Gasteiger partial charge in [0.25, 0.3) is 0 Å². The number of likely N-dealkylation sites (N-methyl/N-ethyl adjacent to an activating group) is 1. The van der Waals surface area contributed by atoms with Crippen molar-refractivity contribution in [3.8, 4) is 0 Å². The lowest BCUT2D eigenvalue weighted by Gasteiger charge is -2.23. The molecular formula is C15H24BrNO. The molecule has 0 aliphatic rings. The van der Waals surface area contributed by atoms with Crippen LogP contribution in [0.25, 0.3) is 0 Å². The third-order valence-electron chi connectivity index (χ3n) is 2.89. The summed E-state index contributed by atoms with van der Waals surface area (Å²) < 4.78 is 7.26. The molecule has 0 saturated heterocycles. The summed E-state index contributed by atoms with van der Waals surface area (Å²) in [6.07, 6.45) is 2.70. The molecule has 0 fully saturated rings. The number of rotatable bonds is 8. The molecule has 2 atom stereocenters. The van der Waals surface area contributed by atoms with Crippen LogP contribution in [-0.4, -0.2) is 19.2 Å². The van der Waals surface area contributed by atoms with E-state index < -0.39 is 0 Å². The van der Waals surface area contributed by atoms with Crippen molar-refractivity contribution < 1.29 is 4.74 Å². The Morgan fingerprint density at radius 2 is 2.11 bits per heavy atom. The van der Waals surface area contributed by atoms with Crippen LogP contribution in [0.4, 0.5) is 0 Å². The summed E-state index contributed by atoms with van der Waals surface area (Å²) in [5.74, 6) is 0. The standard InChI is InChI=1S/C15H24BrNO/c1-4-7-12(3)18-15(11-17-5-2)13-8-6-9-14(16)10-13/h6,8-10,12,15,17H,4-5,7,11H2,1-3H3. The predicted octanol–water partition coefficient (Wildman–Crippen LogP) is 4.30. The molecule has 2 nitrogen and oxygen atoms in total. The van der Waals surface area contributed by atoms with E-state index in [0.717, 1.165) is 30.4 Å². The summed E-state index contributed by atoms with van der Waals surface area (Å²) in [7, 11) is 0. The Labute approximate surface area is 119 Å². The second-order valence-electron chi connectivity index (χ2n) is 4.59. The number of hydrogen-bond donors (Lipinski definition) is 1. The van der Waals surface area contributed by atoms with Gasteiger partial charge in [-0.05, 0) is 37.6 Å². The van der Waals surface area contributed by atoms with Crippen LogP contribution in [0.2, 0.25) is 0 Å². The highest BCUT2D eigenvalue weighted by Gasteiger charge is 2.15. The first kappa shape index (κ1) is 15.7. The Hall–Kier alpha value is -0.380. The third-order valence-corrected chi connectivity index (χ3v) is 3.39. The Kier molecular flexibility index (Phi) is 7.56. The van der Waals surface area contributed by atoms with Crippen LogP contribution in [0.1, 0.15) is 45.3 Å². The van der Waals surface area contributed by atoms with Gasteiger partial charge in [-0.3, -0.25) is 0 Å². The molecule has 0 radical (unpaired) electrons. The van der Waals surface area contributed by atoms with Crippen LogP contribution in [-0.2, 0) is 4.74 Å². The van der Waals surface area contributed by atoms with Crippen molar-refractivity contribution in [2.75, 3.05) is 13.1 Å². The molecule has 18 heavy (non-hydrogen) atoms. The van der Waals surface area contributed by atoms with Gasteiger partial charge in [0, 0.05) is 11.0 Å². The molecule has 0 aliphatic heterocycles. The summed E-state index contributed by atoms with van der Waals surface area (Å²) in [6.45, 7) is 8.29. The van der Waals surface area contributed by atoms with Gasteiger partial charge in [0.15, 0.2) is 0 Å². The van der Waals surface area contributed by atoms with Crippen LogP contribution >= 0.6 is 15.9 Å². The largest absolute Gasteiger partial charge is 0.369 e. The van der Waals surface area contributed by atoms with E-state index in [1.165, 1.54) is 5.56 Å². The fourth-order valence-corrected chi connectivity index (χ4v) is 2.40. The monoisotopic (exact) mass is 313 g/mol. The number of benzene rings is 1. The first-order chi connectivity index (χ1) is 8.67. The summed E-state index contributed by atoms with van der Waals surface area (Å²) in [5, 5.41) is 3.37. The molecule has 0 aromatic heterocycles. The Morgan fingerprint density at radius 1 is 1.33 bits per heavy atom. The third kappa shape index (κ3) is 5.51. The topological polar surface area (TPSA) is 21.3 Å². The second kappa shape index (κ2) is 8.68. The average molecular weight is 314 g/mol. The highest BCUT2D eigenvalue weighted by atomic mass is 79.9. The van der Waals surface area contributed by atoms with Gasteiger partial charge in [-0.15, -0.1) is 0 Å². The summed E-state index contributed by atoms with van der Waals surface area (Å²) in [4.78, 5) is 0. The lowest BCUT2D eigenvalue weighted by atomic mass is 10.1. The maximum atomic E-state index is 6.15. The van der Waals surface area contributed by atoms with E-state index in [1.54, 1.807) is 0 Å². The highest BCUT2D eigenvalue weighted by molar-refractivity contribution is 9.10. The smallest absolute Gasteiger partial charge is 0.0953 e. The Balaban J connectivity index is 2.70. The van der Waals surface area contributed by atoms with Crippen molar-refractivity contribution in [1.29, 1.82) is 0 Å². The Morgan fingerprint density at radius 3 is 2.72 bits per heavy atom. The van der Waals surface area contributed by atoms with E-state index in [4.69, 9.17) is 4.74 Å². The van der Waals surface area contributed by atoms with Gasteiger partial charge in [0.05, 0.1) is 12.2 Å². The maximum Gasteiger partial charge on any atom is 0.0953 e. The zero-order valence-electron chi connectivity index (χ0n) is 11.6. The van der Waals surface area contributed by atoms with E-state index in [9.17, 15) is 0 Å². The molecule has 1 N–H and O–H groups in total. The van der Waals surface area contributed by atoms with Gasteiger partial charge in [-0.25, -0.2) is 0 Å². The molecule has 3 heteroatoms. The quantitative estimate of drug-likeness (QED) is 0.772. The first-order valence-corrected chi connectivity index (χ1v) is 7.58. The molecule has 1 aromatic carbocycles. The van der Waals surface area contributed by atoms with E-state index in [1.807, 2.05) is 6.07 Å². The second-order valence-corrected chi connectivity index (χ2v) is 5.50. The molecule has 0 heterocycles. The molecular weight excluding hydrogens is 290 g/mol. The van der Waals surface area contributed by atoms with Crippen molar-refractivity contribution in [3.63, 3.8) is 0 Å². The summed E-state index contributed by atoms with van der Waals surface area (Å²) in [6, 6.07) is 8.38. The van der Waals surface area contributed by atoms with Crippen LogP contribution in [0, 0.1) is 0 Å². The van der Waals surface area contributed by atoms with Gasteiger partial charge in [0.1, 0.15) is 0 Å². The van der Waals surface area contributed by atoms with Crippen LogP contribution in [0.5, 0.6) is 0 Å². The molecule has 0 aliphatic carbocycles. The van der Waals surface area contributed by atoms with Gasteiger partial charge in [-0.1, -0.05) is 48.3 Å². The molecule has 1 rings (SSSR count). The zero-order chi connectivity index (χ0) is 13.4. The molecule has 102 valence electrons. The van der Waals surface area contributed by atoms with Crippen molar-refractivity contribution in [3.05, 3.63) is 34.3 Å². The summed E-state index contributed by atoms with van der Waals surface area (Å²) in [5.41, 5.74) is 1.23. The van der Waals surface area contributed by atoms with Gasteiger partial charge < -0.3 is 10.1 Å². The fraction of sp³-hybridized carbons (Fsp3) is 0.600.